The second kappa shape index (κ2) is 7.79. The Bertz CT molecular complexity index is 283. The molecule has 4 nitrogen and oxygen atoms in total. The van der Waals surface area contributed by atoms with Crippen LogP contribution in [0.2, 0.25) is 0 Å². The third-order valence-electron chi connectivity index (χ3n) is 1.22. The number of carbonyl (C=O) groups is 1. The normalized spacial score (nSPS) is 9.00. The van der Waals surface area contributed by atoms with Crippen LogP contribution < -0.4 is 5.32 Å². The number of nitrogens with zero attached hydrogens (tertiary/aromatic N) is 1. The van der Waals surface area contributed by atoms with E-state index in [0.717, 1.165) is 6.21 Å². The van der Waals surface area contributed by atoms with E-state index in [0.29, 0.717) is 5.69 Å². The van der Waals surface area contributed by atoms with E-state index < -0.39 is 5.91 Å². The first-order valence-corrected chi connectivity index (χ1v) is 4.36. The largest absolute Gasteiger partial charge is 0.411 e. The van der Waals surface area contributed by atoms with Crippen molar-refractivity contribution >= 4 is 17.8 Å². The molecule has 14 heavy (non-hydrogen) atoms. The minimum atomic E-state index is -0.455. The number of rotatable bonds is 2. The molecule has 0 saturated heterocycles. The van der Waals surface area contributed by atoms with Crippen molar-refractivity contribution in [2.24, 2.45) is 5.16 Å². The average molecular weight is 194 g/mol. The molecule has 0 bridgehead atoms. The molecule has 1 aromatic rings. The minimum absolute atomic E-state index is 0.455. The highest BCUT2D eigenvalue weighted by Gasteiger charge is 1.95. The second-order valence-electron chi connectivity index (χ2n) is 2.10. The summed E-state index contributed by atoms with van der Waals surface area (Å²) in [6.07, 6.45) is 0.799. The summed E-state index contributed by atoms with van der Waals surface area (Å²) in [5.41, 5.74) is 0.669. The number of nitrogens with one attached hydrogen (secondary N) is 1. The molecule has 0 aliphatic rings. The summed E-state index contributed by atoms with van der Waals surface area (Å²) >= 11 is 0. The Labute approximate surface area is 83.3 Å². The predicted octanol–water partition coefficient (Wildman–Crippen LogP) is 2.11. The van der Waals surface area contributed by atoms with Crippen molar-refractivity contribution < 1.29 is 10.0 Å². The second-order valence-corrected chi connectivity index (χ2v) is 2.10. The van der Waals surface area contributed by atoms with Crippen LogP contribution in [-0.2, 0) is 4.79 Å². The third-order valence-corrected chi connectivity index (χ3v) is 1.22. The number of hydrogen-bond donors (Lipinski definition) is 2. The van der Waals surface area contributed by atoms with E-state index in [-0.39, 0.29) is 0 Å². The molecule has 0 fully saturated rings. The lowest BCUT2D eigenvalue weighted by Gasteiger charge is -1.98. The molecule has 0 unspecified atom stereocenters. The van der Waals surface area contributed by atoms with Crippen LogP contribution in [0.15, 0.2) is 35.5 Å². The average Bonchev–Trinajstić information content (AvgIpc) is 2.22. The molecule has 4 heteroatoms. The van der Waals surface area contributed by atoms with Crippen molar-refractivity contribution in [2.45, 2.75) is 13.8 Å². The van der Waals surface area contributed by atoms with Crippen LogP contribution in [0.3, 0.4) is 0 Å². The quantitative estimate of drug-likeness (QED) is 0.430. The summed E-state index contributed by atoms with van der Waals surface area (Å²) < 4.78 is 0. The fourth-order valence-electron chi connectivity index (χ4n) is 0.748. The van der Waals surface area contributed by atoms with Gasteiger partial charge in [-0.3, -0.25) is 4.79 Å². The van der Waals surface area contributed by atoms with Gasteiger partial charge in [0.05, 0.1) is 0 Å². The van der Waals surface area contributed by atoms with E-state index >= 15 is 0 Å². The zero-order valence-corrected chi connectivity index (χ0v) is 8.27. The summed E-state index contributed by atoms with van der Waals surface area (Å²) in [5, 5.41) is 13.1. The van der Waals surface area contributed by atoms with E-state index in [1.165, 1.54) is 0 Å². The van der Waals surface area contributed by atoms with E-state index in [1.807, 2.05) is 19.9 Å². The first kappa shape index (κ1) is 12.2. The smallest absolute Gasteiger partial charge is 0.270 e. The highest BCUT2D eigenvalue weighted by Crippen LogP contribution is 2.03. The van der Waals surface area contributed by atoms with Gasteiger partial charge in [0.15, 0.2) is 0 Å². The van der Waals surface area contributed by atoms with Crippen LogP contribution in [0, 0.1) is 0 Å². The van der Waals surface area contributed by atoms with Gasteiger partial charge in [0.2, 0.25) is 0 Å². The lowest BCUT2D eigenvalue weighted by molar-refractivity contribution is -0.110. The molecule has 1 amide bonds. The lowest BCUT2D eigenvalue weighted by atomic mass is 10.3. The van der Waals surface area contributed by atoms with Crippen LogP contribution in [0.1, 0.15) is 13.8 Å². The molecule has 0 saturated carbocycles. The molecule has 0 heterocycles. The topological polar surface area (TPSA) is 61.7 Å². The van der Waals surface area contributed by atoms with Gasteiger partial charge in [-0.25, -0.2) is 0 Å². The molecule has 1 aromatic carbocycles. The van der Waals surface area contributed by atoms with Crippen molar-refractivity contribution in [2.75, 3.05) is 5.32 Å². The SMILES string of the molecule is CC.O=C(C=NO)Nc1ccccc1. The lowest BCUT2D eigenvalue weighted by Crippen LogP contribution is -2.12. The van der Waals surface area contributed by atoms with Crippen molar-refractivity contribution in [3.63, 3.8) is 0 Å². The zero-order valence-electron chi connectivity index (χ0n) is 8.27. The Kier molecular flexibility index (Phi) is 6.77. The van der Waals surface area contributed by atoms with Crippen molar-refractivity contribution in [3.05, 3.63) is 30.3 Å². The number of hydrogen-bond acceptors (Lipinski definition) is 3. The first-order valence-electron chi connectivity index (χ1n) is 4.36. The maximum Gasteiger partial charge on any atom is 0.270 e. The molecular formula is C10H14N2O2. The number of anilines is 1. The number of carbonyl (C=O) groups excluding carboxylic acids is 1. The molecule has 0 radical (unpaired) electrons. The van der Waals surface area contributed by atoms with Gasteiger partial charge >= 0.3 is 0 Å². The molecule has 1 rings (SSSR count). The van der Waals surface area contributed by atoms with Crippen molar-refractivity contribution in [3.8, 4) is 0 Å². The molecule has 76 valence electrons. The van der Waals surface area contributed by atoms with Gasteiger partial charge in [-0.15, -0.1) is 0 Å². The van der Waals surface area contributed by atoms with Gasteiger partial charge in [-0.2, -0.15) is 0 Å². The molecule has 0 aliphatic carbocycles. The third kappa shape index (κ3) is 4.92. The molecular weight excluding hydrogens is 180 g/mol. The predicted molar refractivity (Wildman–Crippen MR) is 56.7 cm³/mol. The van der Waals surface area contributed by atoms with E-state index in [9.17, 15) is 4.79 Å². The fraction of sp³-hybridized carbons (Fsp3) is 0.200. The van der Waals surface area contributed by atoms with E-state index in [1.54, 1.807) is 24.3 Å². The Balaban J connectivity index is 0.000000791. The standard InChI is InChI=1S/C8H8N2O2.C2H6/c11-8(6-9-12)10-7-4-2-1-3-5-7;1-2/h1-6,12H,(H,10,11);1-2H3. The molecule has 2 N–H and O–H groups in total. The van der Waals surface area contributed by atoms with Crippen LogP contribution >= 0.6 is 0 Å². The van der Waals surface area contributed by atoms with E-state index in [2.05, 4.69) is 10.5 Å². The Morgan fingerprint density at radius 3 is 2.43 bits per heavy atom. The monoisotopic (exact) mass is 194 g/mol. The Morgan fingerprint density at radius 2 is 1.93 bits per heavy atom. The van der Waals surface area contributed by atoms with Gasteiger partial charge in [-0.1, -0.05) is 37.2 Å². The highest BCUT2D eigenvalue weighted by atomic mass is 16.4. The minimum Gasteiger partial charge on any atom is -0.411 e. The Morgan fingerprint density at radius 1 is 1.36 bits per heavy atom. The van der Waals surface area contributed by atoms with Crippen LogP contribution in [0.25, 0.3) is 0 Å². The van der Waals surface area contributed by atoms with E-state index in [4.69, 9.17) is 5.21 Å². The van der Waals surface area contributed by atoms with Gasteiger partial charge < -0.3 is 10.5 Å². The van der Waals surface area contributed by atoms with Crippen molar-refractivity contribution in [1.82, 2.24) is 0 Å². The maximum atomic E-state index is 10.8. The fourth-order valence-corrected chi connectivity index (χ4v) is 0.748. The summed E-state index contributed by atoms with van der Waals surface area (Å²) in [7, 11) is 0. The van der Waals surface area contributed by atoms with Crippen molar-refractivity contribution in [1.29, 1.82) is 0 Å². The summed E-state index contributed by atoms with van der Waals surface area (Å²) in [6.45, 7) is 4.00. The van der Waals surface area contributed by atoms with Crippen LogP contribution in [0.5, 0.6) is 0 Å². The first-order chi connectivity index (χ1) is 6.83. The molecule has 0 atom stereocenters. The number of amides is 1. The van der Waals surface area contributed by atoms with Gasteiger partial charge in [0.25, 0.3) is 5.91 Å². The summed E-state index contributed by atoms with van der Waals surface area (Å²) in [4.78, 5) is 10.8. The Hall–Kier alpha value is -1.84. The number of benzene rings is 1. The molecule has 0 aromatic heterocycles. The van der Waals surface area contributed by atoms with Gasteiger partial charge in [0, 0.05) is 5.69 Å². The highest BCUT2D eigenvalue weighted by molar-refractivity contribution is 6.31. The molecule has 0 aliphatic heterocycles. The van der Waals surface area contributed by atoms with Crippen LogP contribution in [-0.4, -0.2) is 17.3 Å². The van der Waals surface area contributed by atoms with Crippen LogP contribution in [0.4, 0.5) is 5.69 Å². The van der Waals surface area contributed by atoms with Gasteiger partial charge in [0.1, 0.15) is 6.21 Å². The number of oxime groups is 1. The van der Waals surface area contributed by atoms with Gasteiger partial charge in [-0.05, 0) is 12.1 Å². The maximum absolute atomic E-state index is 10.8. The zero-order chi connectivity index (χ0) is 10.8. The molecule has 0 spiro atoms. The summed E-state index contributed by atoms with van der Waals surface area (Å²) in [6, 6.07) is 8.92. The number of para-hydroxylation sites is 1. The summed E-state index contributed by atoms with van der Waals surface area (Å²) in [5.74, 6) is -0.455.